The topological polar surface area (TPSA) is 88.9 Å². The minimum Gasteiger partial charge on any atom is -0.326 e. The number of benzene rings is 2. The van der Waals surface area contributed by atoms with Crippen molar-refractivity contribution in [1.29, 1.82) is 0 Å². The lowest BCUT2D eigenvalue weighted by Gasteiger charge is -2.11. The van der Waals surface area contributed by atoms with Gasteiger partial charge in [0, 0.05) is 18.3 Å². The number of anilines is 2. The SMILES string of the molecule is CC(=O)Nc1cccc(-n2c(C)nnc2SCC(=O)Nc2cccc(C(C)C)c2)c1. The average molecular weight is 424 g/mol. The van der Waals surface area contributed by atoms with E-state index >= 15 is 0 Å². The van der Waals surface area contributed by atoms with Gasteiger partial charge < -0.3 is 10.6 Å². The fourth-order valence-corrected chi connectivity index (χ4v) is 3.76. The lowest BCUT2D eigenvalue weighted by Crippen LogP contribution is -2.15. The predicted octanol–water partition coefficient (Wildman–Crippen LogP) is 4.39. The van der Waals surface area contributed by atoms with Gasteiger partial charge in [-0.3, -0.25) is 14.2 Å². The Hall–Kier alpha value is -3.13. The summed E-state index contributed by atoms with van der Waals surface area (Å²) >= 11 is 1.31. The van der Waals surface area contributed by atoms with Crippen LogP contribution in [0.15, 0.2) is 53.7 Å². The molecule has 2 amide bonds. The van der Waals surface area contributed by atoms with Gasteiger partial charge in [0.15, 0.2) is 5.16 Å². The van der Waals surface area contributed by atoms with Gasteiger partial charge >= 0.3 is 0 Å². The third-order valence-corrected chi connectivity index (χ3v) is 5.32. The highest BCUT2D eigenvalue weighted by Gasteiger charge is 2.14. The van der Waals surface area contributed by atoms with Gasteiger partial charge in [0.2, 0.25) is 11.8 Å². The van der Waals surface area contributed by atoms with E-state index in [1.165, 1.54) is 24.2 Å². The Morgan fingerprint density at radius 3 is 2.43 bits per heavy atom. The van der Waals surface area contributed by atoms with Crippen LogP contribution in [0.2, 0.25) is 0 Å². The number of rotatable bonds is 7. The lowest BCUT2D eigenvalue weighted by atomic mass is 10.0. The van der Waals surface area contributed by atoms with Crippen molar-refractivity contribution in [3.05, 3.63) is 59.9 Å². The molecule has 0 radical (unpaired) electrons. The number of carbonyl (C=O) groups excluding carboxylic acids is 2. The van der Waals surface area contributed by atoms with Crippen molar-refractivity contribution in [2.24, 2.45) is 0 Å². The monoisotopic (exact) mass is 423 g/mol. The fraction of sp³-hybridized carbons (Fsp3) is 0.273. The maximum absolute atomic E-state index is 12.5. The first-order valence-electron chi connectivity index (χ1n) is 9.66. The summed E-state index contributed by atoms with van der Waals surface area (Å²) in [5, 5.41) is 14.7. The number of aromatic nitrogens is 3. The van der Waals surface area contributed by atoms with Crippen molar-refractivity contribution in [3.63, 3.8) is 0 Å². The van der Waals surface area contributed by atoms with Crippen LogP contribution in [0.5, 0.6) is 0 Å². The third-order valence-electron chi connectivity index (χ3n) is 4.39. The van der Waals surface area contributed by atoms with Gasteiger partial charge in [-0.05, 0) is 48.7 Å². The fourth-order valence-electron chi connectivity index (χ4n) is 2.96. The molecule has 1 heterocycles. The summed E-state index contributed by atoms with van der Waals surface area (Å²) in [6, 6.07) is 15.3. The summed E-state index contributed by atoms with van der Waals surface area (Å²) in [6.45, 7) is 7.55. The zero-order valence-corrected chi connectivity index (χ0v) is 18.3. The molecular weight excluding hydrogens is 398 g/mol. The molecule has 156 valence electrons. The number of carbonyl (C=O) groups is 2. The quantitative estimate of drug-likeness (QED) is 0.550. The second-order valence-corrected chi connectivity index (χ2v) is 8.16. The van der Waals surface area contributed by atoms with Gasteiger partial charge in [0.05, 0.1) is 11.4 Å². The largest absolute Gasteiger partial charge is 0.326 e. The predicted molar refractivity (Wildman–Crippen MR) is 120 cm³/mol. The van der Waals surface area contributed by atoms with Crippen molar-refractivity contribution >= 4 is 35.0 Å². The van der Waals surface area contributed by atoms with Gasteiger partial charge in [0.1, 0.15) is 5.82 Å². The Morgan fingerprint density at radius 2 is 1.73 bits per heavy atom. The standard InChI is InChI=1S/C22H25N5O2S/c1-14(2)17-7-5-8-18(11-17)24-21(29)13-30-22-26-25-15(3)27(22)20-10-6-9-19(12-20)23-16(4)28/h5-12,14H,13H2,1-4H3,(H,23,28)(H,24,29). The molecule has 7 nitrogen and oxygen atoms in total. The summed E-state index contributed by atoms with van der Waals surface area (Å²) in [4.78, 5) is 23.8. The van der Waals surface area contributed by atoms with Crippen LogP contribution in [-0.4, -0.2) is 32.3 Å². The second kappa shape index (κ2) is 9.58. The highest BCUT2D eigenvalue weighted by atomic mass is 32.2. The summed E-state index contributed by atoms with van der Waals surface area (Å²) < 4.78 is 1.86. The summed E-state index contributed by atoms with van der Waals surface area (Å²) in [5.74, 6) is 1.05. The van der Waals surface area contributed by atoms with E-state index in [2.05, 4.69) is 40.7 Å². The maximum atomic E-state index is 12.5. The van der Waals surface area contributed by atoms with E-state index in [-0.39, 0.29) is 17.6 Å². The highest BCUT2D eigenvalue weighted by molar-refractivity contribution is 7.99. The van der Waals surface area contributed by atoms with Crippen molar-refractivity contribution in [2.45, 2.75) is 38.8 Å². The smallest absolute Gasteiger partial charge is 0.234 e. The zero-order chi connectivity index (χ0) is 21.7. The molecule has 30 heavy (non-hydrogen) atoms. The normalized spacial score (nSPS) is 10.8. The minimum absolute atomic E-state index is 0.111. The zero-order valence-electron chi connectivity index (χ0n) is 17.5. The van der Waals surface area contributed by atoms with Crippen LogP contribution in [0.3, 0.4) is 0 Å². The first kappa shape index (κ1) is 21.6. The Kier molecular flexibility index (Phi) is 6.89. The number of nitrogens with zero attached hydrogens (tertiary/aromatic N) is 3. The summed E-state index contributed by atoms with van der Waals surface area (Å²) in [7, 11) is 0. The molecular formula is C22H25N5O2S. The van der Waals surface area contributed by atoms with Crippen LogP contribution in [0.4, 0.5) is 11.4 Å². The lowest BCUT2D eigenvalue weighted by molar-refractivity contribution is -0.114. The molecule has 0 bridgehead atoms. The van der Waals surface area contributed by atoms with E-state index in [0.717, 1.165) is 11.4 Å². The highest BCUT2D eigenvalue weighted by Crippen LogP contribution is 2.24. The van der Waals surface area contributed by atoms with Crippen molar-refractivity contribution in [2.75, 3.05) is 16.4 Å². The van der Waals surface area contributed by atoms with Crippen molar-refractivity contribution in [1.82, 2.24) is 14.8 Å². The number of aryl methyl sites for hydroxylation is 1. The van der Waals surface area contributed by atoms with Crippen LogP contribution < -0.4 is 10.6 Å². The molecule has 2 N–H and O–H groups in total. The van der Waals surface area contributed by atoms with E-state index in [9.17, 15) is 9.59 Å². The van der Waals surface area contributed by atoms with Crippen molar-refractivity contribution in [3.8, 4) is 5.69 Å². The van der Waals surface area contributed by atoms with Gasteiger partial charge in [-0.1, -0.05) is 43.8 Å². The molecule has 0 atom stereocenters. The summed E-state index contributed by atoms with van der Waals surface area (Å²) in [6.07, 6.45) is 0. The Labute approximate surface area is 180 Å². The van der Waals surface area contributed by atoms with E-state index in [1.807, 2.05) is 54.0 Å². The molecule has 0 saturated heterocycles. The van der Waals surface area contributed by atoms with Gasteiger partial charge in [-0.25, -0.2) is 0 Å². The average Bonchev–Trinajstić information content (AvgIpc) is 3.06. The molecule has 0 saturated carbocycles. The van der Waals surface area contributed by atoms with E-state index in [1.54, 1.807) is 0 Å². The Balaban J connectivity index is 1.71. The molecule has 0 aliphatic heterocycles. The van der Waals surface area contributed by atoms with Gasteiger partial charge in [-0.15, -0.1) is 10.2 Å². The molecule has 0 aliphatic rings. The Bertz CT molecular complexity index is 1060. The second-order valence-electron chi connectivity index (χ2n) is 7.21. The number of hydrogen-bond donors (Lipinski definition) is 2. The van der Waals surface area contributed by atoms with E-state index in [4.69, 9.17) is 0 Å². The van der Waals surface area contributed by atoms with E-state index in [0.29, 0.717) is 22.6 Å². The summed E-state index contributed by atoms with van der Waals surface area (Å²) in [5.41, 5.74) is 3.46. The van der Waals surface area contributed by atoms with Crippen LogP contribution in [0.1, 0.15) is 38.1 Å². The van der Waals surface area contributed by atoms with E-state index < -0.39 is 0 Å². The molecule has 0 aliphatic carbocycles. The molecule has 0 fully saturated rings. The number of amides is 2. The van der Waals surface area contributed by atoms with Crippen LogP contribution in [0.25, 0.3) is 5.69 Å². The van der Waals surface area contributed by atoms with Crippen LogP contribution >= 0.6 is 11.8 Å². The molecule has 3 aromatic rings. The number of nitrogens with one attached hydrogen (secondary N) is 2. The van der Waals surface area contributed by atoms with Gasteiger partial charge in [-0.2, -0.15) is 0 Å². The molecule has 0 unspecified atom stereocenters. The third kappa shape index (κ3) is 5.48. The molecule has 3 rings (SSSR count). The first-order valence-corrected chi connectivity index (χ1v) is 10.6. The molecule has 8 heteroatoms. The first-order chi connectivity index (χ1) is 14.3. The number of hydrogen-bond acceptors (Lipinski definition) is 5. The Morgan fingerprint density at radius 1 is 1.03 bits per heavy atom. The van der Waals surface area contributed by atoms with Crippen molar-refractivity contribution < 1.29 is 9.59 Å². The van der Waals surface area contributed by atoms with Crippen LogP contribution in [0, 0.1) is 6.92 Å². The van der Waals surface area contributed by atoms with Crippen LogP contribution in [-0.2, 0) is 9.59 Å². The number of thioether (sulfide) groups is 1. The molecule has 2 aromatic carbocycles. The molecule has 1 aromatic heterocycles. The van der Waals surface area contributed by atoms with Gasteiger partial charge in [0.25, 0.3) is 0 Å². The maximum Gasteiger partial charge on any atom is 0.234 e. The molecule has 0 spiro atoms. The minimum atomic E-state index is -0.138.